The highest BCUT2D eigenvalue weighted by Gasteiger charge is 2.39. The van der Waals surface area contributed by atoms with Crippen molar-refractivity contribution in [3.05, 3.63) is 129 Å². The van der Waals surface area contributed by atoms with Crippen LogP contribution in [0.2, 0.25) is 0 Å². The minimum absolute atomic E-state index is 0.310. The van der Waals surface area contributed by atoms with Gasteiger partial charge in [0.15, 0.2) is 0 Å². The standard InChI is InChI=1S/C48H42N2O4/c1-5-11-27-15-9-16-28(12-6-2)43(27)49-45(51)35-23-19-31-33-21-25-37-42-38(26-22-34(40(33)42)32-20-24-36(46(49)52)41(35)39(31)32)48(54)50(47(37)53)44-29(13-7-3)17-10-18-30(44)14-8-4/h9-10,15-26H,5-8,11-14H2,1-4H3. The molecule has 0 radical (unpaired) electrons. The summed E-state index contributed by atoms with van der Waals surface area (Å²) in [6.45, 7) is 8.44. The largest absolute Gasteiger partial charge is 0.268 e. The van der Waals surface area contributed by atoms with Crippen molar-refractivity contribution in [2.45, 2.75) is 79.1 Å². The molecule has 6 nitrogen and oxygen atoms in total. The van der Waals surface area contributed by atoms with E-state index >= 15 is 0 Å². The van der Waals surface area contributed by atoms with Gasteiger partial charge in [0.2, 0.25) is 0 Å². The van der Waals surface area contributed by atoms with Crippen LogP contribution in [-0.2, 0) is 25.7 Å². The van der Waals surface area contributed by atoms with Gasteiger partial charge in [-0.3, -0.25) is 19.2 Å². The van der Waals surface area contributed by atoms with E-state index in [4.69, 9.17) is 0 Å². The Labute approximate surface area is 314 Å². The summed E-state index contributed by atoms with van der Waals surface area (Å²) in [5, 5.41) is 6.56. The van der Waals surface area contributed by atoms with Gasteiger partial charge >= 0.3 is 0 Å². The number of hydrogen-bond donors (Lipinski definition) is 0. The van der Waals surface area contributed by atoms with Crippen LogP contribution >= 0.6 is 0 Å². The lowest BCUT2D eigenvalue weighted by atomic mass is 9.82. The molecular formula is C48H42N2O4. The number of hydrogen-bond acceptors (Lipinski definition) is 4. The first kappa shape index (κ1) is 33.9. The van der Waals surface area contributed by atoms with Crippen molar-refractivity contribution >= 4 is 78.1 Å². The molecule has 0 fully saturated rings. The van der Waals surface area contributed by atoms with E-state index < -0.39 is 0 Å². The number of carbonyl (C=O) groups is 4. The van der Waals surface area contributed by atoms with Crippen molar-refractivity contribution < 1.29 is 19.2 Å². The predicted octanol–water partition coefficient (Wildman–Crippen LogP) is 11.1. The summed E-state index contributed by atoms with van der Waals surface area (Å²) < 4.78 is 0. The van der Waals surface area contributed by atoms with Crippen molar-refractivity contribution in [3.8, 4) is 0 Å². The van der Waals surface area contributed by atoms with Crippen LogP contribution in [0.5, 0.6) is 0 Å². The summed E-state index contributed by atoms with van der Waals surface area (Å²) in [7, 11) is 0. The van der Waals surface area contributed by atoms with Gasteiger partial charge in [-0.2, -0.15) is 0 Å². The smallest absolute Gasteiger partial charge is 0.266 e. The van der Waals surface area contributed by atoms with E-state index in [0.29, 0.717) is 33.0 Å². The Morgan fingerprint density at radius 2 is 0.611 bits per heavy atom. The molecule has 0 unspecified atom stereocenters. The molecule has 54 heavy (non-hydrogen) atoms. The molecule has 7 aromatic rings. The first-order chi connectivity index (χ1) is 26.3. The maximum atomic E-state index is 14.6. The molecule has 0 saturated carbocycles. The van der Waals surface area contributed by atoms with Gasteiger partial charge in [0, 0.05) is 33.0 Å². The summed E-state index contributed by atoms with van der Waals surface area (Å²) in [6.07, 6.45) is 6.65. The summed E-state index contributed by atoms with van der Waals surface area (Å²) in [5.74, 6) is -1.24. The fourth-order valence-corrected chi connectivity index (χ4v) is 9.42. The molecule has 7 aromatic carbocycles. The van der Waals surface area contributed by atoms with Crippen LogP contribution in [0, 0.1) is 0 Å². The van der Waals surface area contributed by atoms with Gasteiger partial charge in [-0.05, 0) is 105 Å². The highest BCUT2D eigenvalue weighted by molar-refractivity contribution is 6.45. The van der Waals surface area contributed by atoms with E-state index in [2.05, 4.69) is 27.7 Å². The molecule has 268 valence electrons. The van der Waals surface area contributed by atoms with E-state index in [9.17, 15) is 19.2 Å². The first-order valence-corrected chi connectivity index (χ1v) is 19.5. The van der Waals surface area contributed by atoms with Crippen molar-refractivity contribution in [1.29, 1.82) is 0 Å². The summed E-state index contributed by atoms with van der Waals surface area (Å²) in [5.41, 5.74) is 7.48. The molecule has 2 heterocycles. The highest BCUT2D eigenvalue weighted by Crippen LogP contribution is 2.48. The number of benzene rings is 7. The van der Waals surface area contributed by atoms with E-state index in [1.807, 2.05) is 84.9 Å². The Morgan fingerprint density at radius 1 is 0.352 bits per heavy atom. The minimum Gasteiger partial charge on any atom is -0.268 e. The van der Waals surface area contributed by atoms with Crippen LogP contribution in [0.1, 0.15) is 117 Å². The van der Waals surface area contributed by atoms with Gasteiger partial charge in [0.05, 0.1) is 11.4 Å². The van der Waals surface area contributed by atoms with Gasteiger partial charge in [-0.1, -0.05) is 114 Å². The quantitative estimate of drug-likeness (QED) is 0.0804. The topological polar surface area (TPSA) is 74.8 Å². The molecule has 0 aromatic heterocycles. The normalized spacial score (nSPS) is 14.2. The number of fused-ring (bicyclic) bond motifs is 2. The zero-order valence-corrected chi connectivity index (χ0v) is 31.3. The van der Waals surface area contributed by atoms with Crippen molar-refractivity contribution in [1.82, 2.24) is 0 Å². The van der Waals surface area contributed by atoms with Crippen LogP contribution in [-0.4, -0.2) is 23.6 Å². The minimum atomic E-state index is -0.310. The van der Waals surface area contributed by atoms with Gasteiger partial charge in [0.25, 0.3) is 23.6 Å². The summed E-state index contributed by atoms with van der Waals surface area (Å²) in [6, 6.07) is 27.5. The molecule has 2 aliphatic heterocycles. The van der Waals surface area contributed by atoms with Crippen LogP contribution in [0.4, 0.5) is 11.4 Å². The predicted molar refractivity (Wildman–Crippen MR) is 219 cm³/mol. The van der Waals surface area contributed by atoms with Crippen LogP contribution in [0.25, 0.3) is 43.1 Å². The molecule has 2 aliphatic rings. The number of carbonyl (C=O) groups excluding carboxylic acids is 4. The van der Waals surface area contributed by atoms with Gasteiger partial charge < -0.3 is 0 Å². The zero-order valence-electron chi connectivity index (χ0n) is 31.3. The number of aryl methyl sites for hydroxylation is 4. The van der Waals surface area contributed by atoms with Gasteiger partial charge in [-0.25, -0.2) is 9.80 Å². The molecule has 0 saturated heterocycles. The number of imide groups is 2. The maximum Gasteiger partial charge on any atom is 0.266 e. The molecule has 0 aliphatic carbocycles. The van der Waals surface area contributed by atoms with Crippen LogP contribution in [0.15, 0.2) is 84.9 Å². The number of anilines is 2. The Morgan fingerprint density at radius 3 is 0.852 bits per heavy atom. The Hall–Kier alpha value is -5.88. The van der Waals surface area contributed by atoms with E-state index in [-0.39, 0.29) is 23.6 Å². The third-order valence-electron chi connectivity index (χ3n) is 11.6. The zero-order chi connectivity index (χ0) is 37.4. The second-order valence-corrected chi connectivity index (χ2v) is 14.9. The van der Waals surface area contributed by atoms with Gasteiger partial charge in [-0.15, -0.1) is 0 Å². The van der Waals surface area contributed by atoms with E-state index in [1.54, 1.807) is 0 Å². The number of nitrogens with zero attached hydrogens (tertiary/aromatic N) is 2. The van der Waals surface area contributed by atoms with Crippen molar-refractivity contribution in [3.63, 3.8) is 0 Å². The van der Waals surface area contributed by atoms with Gasteiger partial charge in [0.1, 0.15) is 0 Å². The first-order valence-electron chi connectivity index (χ1n) is 19.5. The third-order valence-corrected chi connectivity index (χ3v) is 11.6. The summed E-state index contributed by atoms with van der Waals surface area (Å²) >= 11 is 0. The maximum absolute atomic E-state index is 14.6. The number of amides is 4. The lowest BCUT2D eigenvalue weighted by molar-refractivity contribution is 0.0877. The van der Waals surface area contributed by atoms with E-state index in [0.717, 1.165) is 117 Å². The molecule has 6 heteroatoms. The van der Waals surface area contributed by atoms with Crippen molar-refractivity contribution in [2.75, 3.05) is 9.80 Å². The summed E-state index contributed by atoms with van der Waals surface area (Å²) in [4.78, 5) is 61.3. The van der Waals surface area contributed by atoms with Crippen molar-refractivity contribution in [2.24, 2.45) is 0 Å². The molecule has 0 atom stereocenters. The lowest BCUT2D eigenvalue weighted by Crippen LogP contribution is -2.42. The molecule has 9 rings (SSSR count). The number of rotatable bonds is 10. The van der Waals surface area contributed by atoms with Crippen LogP contribution in [0.3, 0.4) is 0 Å². The SMILES string of the molecule is CCCc1cccc(CCC)c1N1C(=O)c2ccc3c4ccc5c6c(ccc(c7ccc(c2c37)C1=O)c64)C(=O)N(c1c(CCC)cccc1CCC)C5=O. The number of para-hydroxylation sites is 2. The Balaban J connectivity index is 1.26. The molecule has 4 amide bonds. The Kier molecular flexibility index (Phi) is 8.11. The molecule has 0 bridgehead atoms. The molecular weight excluding hydrogens is 669 g/mol. The average Bonchev–Trinajstić information content (AvgIpc) is 3.17. The second-order valence-electron chi connectivity index (χ2n) is 14.9. The highest BCUT2D eigenvalue weighted by atomic mass is 16.2. The third kappa shape index (κ3) is 4.65. The Bertz CT molecular complexity index is 2400. The fourth-order valence-electron chi connectivity index (χ4n) is 9.42. The second kappa shape index (κ2) is 12.9. The monoisotopic (exact) mass is 710 g/mol. The fraction of sp³-hybridized carbons (Fsp3) is 0.250. The van der Waals surface area contributed by atoms with E-state index in [1.165, 1.54) is 9.80 Å². The average molecular weight is 711 g/mol. The van der Waals surface area contributed by atoms with Crippen LogP contribution < -0.4 is 9.80 Å². The molecule has 0 N–H and O–H groups in total. The lowest BCUT2D eigenvalue weighted by Gasteiger charge is -2.32. The molecule has 0 spiro atoms.